The third-order valence-electron chi connectivity index (χ3n) is 3.50. The van der Waals surface area contributed by atoms with Crippen molar-refractivity contribution in [1.29, 1.82) is 0 Å². The fraction of sp³-hybridized carbons (Fsp3) is 0.462. The molecule has 2 unspecified atom stereocenters. The van der Waals surface area contributed by atoms with Crippen molar-refractivity contribution in [3.63, 3.8) is 0 Å². The second-order valence-electron chi connectivity index (χ2n) is 4.53. The number of hydrogen-bond acceptors (Lipinski definition) is 3. The average molecular weight is 237 g/mol. The Balaban J connectivity index is 2.36. The lowest BCUT2D eigenvalue weighted by atomic mass is 10.0. The molecular weight excluding hydrogens is 221 g/mol. The van der Waals surface area contributed by atoms with E-state index in [9.17, 15) is 14.3 Å². The minimum atomic E-state index is -0.413. The molecular formula is C13H16FNO2. The average Bonchev–Trinajstić information content (AvgIpc) is 2.70. The number of aldehydes is 1. The van der Waals surface area contributed by atoms with Crippen LogP contribution in [0.4, 0.5) is 10.1 Å². The highest BCUT2D eigenvalue weighted by molar-refractivity contribution is 5.84. The van der Waals surface area contributed by atoms with Crippen LogP contribution in [0.1, 0.15) is 23.7 Å². The lowest BCUT2D eigenvalue weighted by Gasteiger charge is -2.28. The van der Waals surface area contributed by atoms with Crippen LogP contribution in [0, 0.1) is 11.7 Å². The Morgan fingerprint density at radius 2 is 2.35 bits per heavy atom. The van der Waals surface area contributed by atoms with Gasteiger partial charge < -0.3 is 10.0 Å². The first-order valence-corrected chi connectivity index (χ1v) is 5.79. The van der Waals surface area contributed by atoms with Crippen molar-refractivity contribution >= 4 is 12.0 Å². The molecule has 0 bridgehead atoms. The lowest BCUT2D eigenvalue weighted by Crippen LogP contribution is -2.35. The van der Waals surface area contributed by atoms with Gasteiger partial charge in [-0.15, -0.1) is 0 Å². The van der Waals surface area contributed by atoms with Crippen molar-refractivity contribution in [2.45, 2.75) is 19.4 Å². The summed E-state index contributed by atoms with van der Waals surface area (Å²) in [7, 11) is 0. The predicted octanol–water partition coefficient (Wildman–Crippen LogP) is 1.85. The first-order valence-electron chi connectivity index (χ1n) is 5.79. The molecule has 1 N–H and O–H groups in total. The summed E-state index contributed by atoms with van der Waals surface area (Å²) >= 11 is 0. The number of carbonyl (C=O) groups is 1. The molecule has 0 aromatic heterocycles. The van der Waals surface area contributed by atoms with Gasteiger partial charge in [0, 0.05) is 17.8 Å². The molecule has 4 heteroatoms. The number of carbonyl (C=O) groups excluding carboxylic acids is 1. The minimum Gasteiger partial charge on any atom is -0.394 e. The number of aliphatic hydroxyl groups excluding tert-OH is 1. The van der Waals surface area contributed by atoms with Crippen LogP contribution in [0.25, 0.3) is 0 Å². The number of hydrogen-bond donors (Lipinski definition) is 1. The molecule has 1 saturated heterocycles. The fourth-order valence-corrected chi connectivity index (χ4v) is 2.47. The zero-order valence-corrected chi connectivity index (χ0v) is 9.77. The van der Waals surface area contributed by atoms with Gasteiger partial charge in [-0.25, -0.2) is 4.39 Å². The Kier molecular flexibility index (Phi) is 3.43. The van der Waals surface area contributed by atoms with E-state index in [0.29, 0.717) is 23.5 Å². The topological polar surface area (TPSA) is 40.5 Å². The van der Waals surface area contributed by atoms with Gasteiger partial charge in [0.2, 0.25) is 0 Å². The van der Waals surface area contributed by atoms with Gasteiger partial charge >= 0.3 is 0 Å². The van der Waals surface area contributed by atoms with Gasteiger partial charge in [-0.3, -0.25) is 4.79 Å². The van der Waals surface area contributed by atoms with E-state index in [1.54, 1.807) is 6.07 Å². The Hall–Kier alpha value is -1.42. The number of anilines is 1. The Bertz CT molecular complexity index is 422. The molecule has 0 aliphatic carbocycles. The Labute approximate surface area is 99.9 Å². The molecule has 1 fully saturated rings. The molecule has 2 atom stereocenters. The van der Waals surface area contributed by atoms with E-state index in [0.717, 1.165) is 13.0 Å². The molecule has 0 radical (unpaired) electrons. The summed E-state index contributed by atoms with van der Waals surface area (Å²) in [6.07, 6.45) is 1.64. The first-order chi connectivity index (χ1) is 8.17. The summed E-state index contributed by atoms with van der Waals surface area (Å²) < 4.78 is 13.1. The number of benzene rings is 1. The first kappa shape index (κ1) is 12.0. The monoisotopic (exact) mass is 237 g/mol. The van der Waals surface area contributed by atoms with E-state index < -0.39 is 5.82 Å². The van der Waals surface area contributed by atoms with Crippen LogP contribution >= 0.6 is 0 Å². The molecule has 1 heterocycles. The smallest absolute Gasteiger partial charge is 0.152 e. The van der Waals surface area contributed by atoms with Crippen molar-refractivity contribution in [2.75, 3.05) is 18.1 Å². The molecule has 2 rings (SSSR count). The largest absolute Gasteiger partial charge is 0.394 e. The number of aliphatic hydroxyl groups is 1. The second kappa shape index (κ2) is 4.84. The third kappa shape index (κ3) is 2.17. The number of rotatable bonds is 3. The van der Waals surface area contributed by atoms with E-state index in [1.807, 2.05) is 4.90 Å². The molecule has 0 amide bonds. The molecule has 0 spiro atoms. The maximum atomic E-state index is 13.1. The number of nitrogens with zero attached hydrogens (tertiary/aromatic N) is 1. The maximum Gasteiger partial charge on any atom is 0.152 e. The number of halogens is 1. The molecule has 1 aliphatic rings. The zero-order chi connectivity index (χ0) is 12.4. The normalized spacial score (nSPS) is 24.1. The van der Waals surface area contributed by atoms with Crippen LogP contribution < -0.4 is 4.90 Å². The van der Waals surface area contributed by atoms with E-state index in [2.05, 4.69) is 6.92 Å². The summed E-state index contributed by atoms with van der Waals surface area (Å²) in [5.74, 6) is -0.0341. The lowest BCUT2D eigenvalue weighted by molar-refractivity contribution is 0.112. The van der Waals surface area contributed by atoms with E-state index in [-0.39, 0.29) is 12.6 Å². The van der Waals surface area contributed by atoms with Crippen LogP contribution in [0.2, 0.25) is 0 Å². The van der Waals surface area contributed by atoms with E-state index in [1.165, 1.54) is 12.1 Å². The maximum absolute atomic E-state index is 13.1. The second-order valence-corrected chi connectivity index (χ2v) is 4.53. The van der Waals surface area contributed by atoms with Gasteiger partial charge in [0.05, 0.1) is 12.6 Å². The molecule has 3 nitrogen and oxygen atoms in total. The van der Waals surface area contributed by atoms with Crippen LogP contribution in [-0.4, -0.2) is 30.6 Å². The van der Waals surface area contributed by atoms with E-state index in [4.69, 9.17) is 0 Å². The molecule has 0 saturated carbocycles. The minimum absolute atomic E-state index is 0.0131. The Morgan fingerprint density at radius 3 is 3.00 bits per heavy atom. The highest BCUT2D eigenvalue weighted by Gasteiger charge is 2.31. The zero-order valence-electron chi connectivity index (χ0n) is 9.77. The molecule has 1 aromatic carbocycles. The van der Waals surface area contributed by atoms with Crippen LogP contribution in [-0.2, 0) is 0 Å². The van der Waals surface area contributed by atoms with Gasteiger partial charge in [0.15, 0.2) is 6.29 Å². The highest BCUT2D eigenvalue weighted by Crippen LogP contribution is 2.31. The van der Waals surface area contributed by atoms with Crippen LogP contribution in [0.3, 0.4) is 0 Å². The van der Waals surface area contributed by atoms with Crippen molar-refractivity contribution in [3.8, 4) is 0 Å². The van der Waals surface area contributed by atoms with Crippen LogP contribution in [0.15, 0.2) is 18.2 Å². The predicted molar refractivity (Wildman–Crippen MR) is 63.8 cm³/mol. The summed E-state index contributed by atoms with van der Waals surface area (Å²) in [5, 5.41) is 9.38. The van der Waals surface area contributed by atoms with Crippen LogP contribution in [0.5, 0.6) is 0 Å². The van der Waals surface area contributed by atoms with Gasteiger partial charge in [-0.1, -0.05) is 6.92 Å². The molecule has 92 valence electrons. The van der Waals surface area contributed by atoms with Crippen molar-refractivity contribution < 1.29 is 14.3 Å². The van der Waals surface area contributed by atoms with E-state index >= 15 is 0 Å². The quantitative estimate of drug-likeness (QED) is 0.815. The van der Waals surface area contributed by atoms with Crippen molar-refractivity contribution in [2.24, 2.45) is 5.92 Å². The summed E-state index contributed by atoms with van der Waals surface area (Å²) in [5.41, 5.74) is 1.06. The van der Waals surface area contributed by atoms with Gasteiger partial charge in [-0.2, -0.15) is 0 Å². The molecule has 17 heavy (non-hydrogen) atoms. The summed E-state index contributed by atoms with van der Waals surface area (Å²) in [6.45, 7) is 2.92. The van der Waals surface area contributed by atoms with Crippen molar-refractivity contribution in [1.82, 2.24) is 0 Å². The highest BCUT2D eigenvalue weighted by atomic mass is 19.1. The van der Waals surface area contributed by atoms with Gasteiger partial charge in [0.25, 0.3) is 0 Å². The SMILES string of the molecule is CC1CCN(c2ccc(F)cc2C=O)C1CO. The van der Waals surface area contributed by atoms with Crippen molar-refractivity contribution in [3.05, 3.63) is 29.6 Å². The standard InChI is InChI=1S/C13H16FNO2/c1-9-4-5-15(13(9)8-17)12-3-2-11(14)6-10(12)7-16/h2-3,6-7,9,13,17H,4-5,8H2,1H3. The third-order valence-corrected chi connectivity index (χ3v) is 3.50. The van der Waals surface area contributed by atoms with Gasteiger partial charge in [-0.05, 0) is 30.5 Å². The fourth-order valence-electron chi connectivity index (χ4n) is 2.47. The molecule has 1 aromatic rings. The Morgan fingerprint density at radius 1 is 1.59 bits per heavy atom. The molecule has 1 aliphatic heterocycles. The van der Waals surface area contributed by atoms with Gasteiger partial charge in [0.1, 0.15) is 5.82 Å². The summed E-state index contributed by atoms with van der Waals surface area (Å²) in [4.78, 5) is 13.0. The summed E-state index contributed by atoms with van der Waals surface area (Å²) in [6, 6.07) is 4.21.